The summed E-state index contributed by atoms with van der Waals surface area (Å²) in [6, 6.07) is 0. The van der Waals surface area contributed by atoms with Crippen LogP contribution in [0.3, 0.4) is 0 Å². The van der Waals surface area contributed by atoms with Crippen molar-refractivity contribution >= 4 is 0 Å². The Hall–Kier alpha value is -0.200. The highest BCUT2D eigenvalue weighted by atomic mass is 16.7. The number of hydrogen-bond donors (Lipinski definition) is 2. The summed E-state index contributed by atoms with van der Waals surface area (Å²) in [5.74, 6) is 0. The minimum Gasteiger partial charge on any atom is -0.386 e. The van der Waals surface area contributed by atoms with Gasteiger partial charge in [-0.15, -0.1) is 0 Å². The molecule has 15 heavy (non-hydrogen) atoms. The van der Waals surface area contributed by atoms with Crippen molar-refractivity contribution in [2.24, 2.45) is 0 Å². The molecule has 2 saturated heterocycles. The van der Waals surface area contributed by atoms with Gasteiger partial charge in [0.15, 0.2) is 0 Å². The quantitative estimate of drug-likeness (QED) is 0.664. The molecular formula is C10H19NO4. The lowest BCUT2D eigenvalue weighted by Crippen LogP contribution is -2.44. The van der Waals surface area contributed by atoms with Crippen molar-refractivity contribution in [1.29, 1.82) is 0 Å². The molecule has 0 amide bonds. The van der Waals surface area contributed by atoms with Gasteiger partial charge in [-0.05, 0) is 6.42 Å². The molecule has 2 N–H and O–H groups in total. The normalized spacial score (nSPS) is 37.0. The molecule has 0 aliphatic carbocycles. The molecule has 2 fully saturated rings. The van der Waals surface area contributed by atoms with E-state index in [9.17, 15) is 5.11 Å². The summed E-state index contributed by atoms with van der Waals surface area (Å²) in [5, 5.41) is 13.2. The van der Waals surface area contributed by atoms with Gasteiger partial charge in [-0.25, -0.2) is 0 Å². The van der Waals surface area contributed by atoms with Gasteiger partial charge in [-0.3, -0.25) is 0 Å². The number of hydrogen-bond acceptors (Lipinski definition) is 5. The Kier molecular flexibility index (Phi) is 3.93. The van der Waals surface area contributed by atoms with Crippen LogP contribution in [0.2, 0.25) is 0 Å². The first-order valence-corrected chi connectivity index (χ1v) is 5.49. The lowest BCUT2D eigenvalue weighted by Gasteiger charge is -2.26. The largest absolute Gasteiger partial charge is 0.386 e. The van der Waals surface area contributed by atoms with Gasteiger partial charge in [-0.2, -0.15) is 0 Å². The molecule has 5 nitrogen and oxygen atoms in total. The Labute approximate surface area is 89.7 Å². The fourth-order valence-electron chi connectivity index (χ4n) is 1.86. The Morgan fingerprint density at radius 3 is 2.93 bits per heavy atom. The van der Waals surface area contributed by atoms with Crippen molar-refractivity contribution in [1.82, 2.24) is 5.32 Å². The zero-order chi connectivity index (χ0) is 10.6. The van der Waals surface area contributed by atoms with E-state index in [0.29, 0.717) is 33.0 Å². The molecule has 0 aromatic heterocycles. The molecule has 2 unspecified atom stereocenters. The summed E-state index contributed by atoms with van der Waals surface area (Å²) >= 11 is 0. The van der Waals surface area contributed by atoms with Crippen LogP contribution in [0.5, 0.6) is 0 Å². The zero-order valence-electron chi connectivity index (χ0n) is 8.91. The molecule has 0 saturated carbocycles. The Bertz CT molecular complexity index is 188. The molecule has 0 radical (unpaired) electrons. The predicted molar refractivity (Wildman–Crippen MR) is 53.6 cm³/mol. The third-order valence-electron chi connectivity index (χ3n) is 2.88. The summed E-state index contributed by atoms with van der Waals surface area (Å²) in [7, 11) is 0. The molecule has 0 bridgehead atoms. The SMILES string of the molecule is OC1(CNCC2CCOCO2)CCOC1. The van der Waals surface area contributed by atoms with Crippen molar-refractivity contribution < 1.29 is 19.3 Å². The van der Waals surface area contributed by atoms with Crippen LogP contribution in [0, 0.1) is 0 Å². The maximum Gasteiger partial charge on any atom is 0.147 e. The number of ether oxygens (including phenoxy) is 3. The molecule has 2 heterocycles. The molecule has 0 aromatic rings. The molecule has 2 aliphatic heterocycles. The lowest BCUT2D eigenvalue weighted by molar-refractivity contribution is -0.137. The Morgan fingerprint density at radius 2 is 2.27 bits per heavy atom. The molecule has 88 valence electrons. The summed E-state index contributed by atoms with van der Waals surface area (Å²) < 4.78 is 15.6. The van der Waals surface area contributed by atoms with Crippen molar-refractivity contribution in [3.05, 3.63) is 0 Å². The van der Waals surface area contributed by atoms with E-state index in [2.05, 4.69) is 5.32 Å². The van der Waals surface area contributed by atoms with Gasteiger partial charge >= 0.3 is 0 Å². The smallest absolute Gasteiger partial charge is 0.147 e. The Balaban J connectivity index is 1.61. The van der Waals surface area contributed by atoms with E-state index < -0.39 is 5.60 Å². The van der Waals surface area contributed by atoms with Crippen molar-refractivity contribution in [3.63, 3.8) is 0 Å². The van der Waals surface area contributed by atoms with Crippen LogP contribution >= 0.6 is 0 Å². The van der Waals surface area contributed by atoms with Gasteiger partial charge in [0.25, 0.3) is 0 Å². The van der Waals surface area contributed by atoms with Gasteiger partial charge in [-0.1, -0.05) is 0 Å². The third-order valence-corrected chi connectivity index (χ3v) is 2.88. The molecule has 2 aliphatic rings. The van der Waals surface area contributed by atoms with Gasteiger partial charge in [0, 0.05) is 26.1 Å². The molecule has 0 aromatic carbocycles. The zero-order valence-corrected chi connectivity index (χ0v) is 8.91. The molecular weight excluding hydrogens is 198 g/mol. The van der Waals surface area contributed by atoms with Crippen molar-refractivity contribution in [2.75, 3.05) is 39.7 Å². The van der Waals surface area contributed by atoms with Gasteiger partial charge in [0.2, 0.25) is 0 Å². The monoisotopic (exact) mass is 217 g/mol. The molecule has 0 spiro atoms. The van der Waals surface area contributed by atoms with E-state index in [1.165, 1.54) is 0 Å². The molecule has 2 atom stereocenters. The number of nitrogens with one attached hydrogen (secondary N) is 1. The van der Waals surface area contributed by atoms with Crippen LogP contribution in [-0.2, 0) is 14.2 Å². The van der Waals surface area contributed by atoms with E-state index in [1.807, 2.05) is 0 Å². The average molecular weight is 217 g/mol. The first-order chi connectivity index (χ1) is 7.29. The van der Waals surface area contributed by atoms with Crippen molar-refractivity contribution in [2.45, 2.75) is 24.5 Å². The van der Waals surface area contributed by atoms with Crippen LogP contribution in [0.1, 0.15) is 12.8 Å². The standard InChI is InChI=1S/C10H19NO4/c12-10(2-4-13-7-10)6-11-5-9-1-3-14-8-15-9/h9,11-12H,1-8H2. The maximum atomic E-state index is 9.97. The third kappa shape index (κ3) is 3.39. The van der Waals surface area contributed by atoms with Crippen LogP contribution in [0.25, 0.3) is 0 Å². The van der Waals surface area contributed by atoms with Gasteiger partial charge < -0.3 is 24.6 Å². The maximum absolute atomic E-state index is 9.97. The topological polar surface area (TPSA) is 60.0 Å². The van der Waals surface area contributed by atoms with Crippen LogP contribution in [0.15, 0.2) is 0 Å². The first-order valence-electron chi connectivity index (χ1n) is 5.49. The second kappa shape index (κ2) is 5.23. The fourth-order valence-corrected chi connectivity index (χ4v) is 1.86. The number of rotatable bonds is 4. The summed E-state index contributed by atoms with van der Waals surface area (Å²) in [5.41, 5.74) is -0.675. The second-order valence-corrected chi connectivity index (χ2v) is 4.26. The van der Waals surface area contributed by atoms with E-state index >= 15 is 0 Å². The van der Waals surface area contributed by atoms with Crippen LogP contribution < -0.4 is 5.32 Å². The predicted octanol–water partition coefficient (Wildman–Crippen LogP) is -0.510. The van der Waals surface area contributed by atoms with E-state index in [-0.39, 0.29) is 6.10 Å². The summed E-state index contributed by atoms with van der Waals surface area (Å²) in [4.78, 5) is 0. The van der Waals surface area contributed by atoms with E-state index in [1.54, 1.807) is 0 Å². The minimum atomic E-state index is -0.675. The van der Waals surface area contributed by atoms with Gasteiger partial charge in [0.05, 0.1) is 19.3 Å². The highest BCUT2D eigenvalue weighted by Crippen LogP contribution is 2.17. The Morgan fingerprint density at radius 1 is 1.33 bits per heavy atom. The highest BCUT2D eigenvalue weighted by Gasteiger charge is 2.31. The average Bonchev–Trinajstić information content (AvgIpc) is 2.67. The molecule has 2 rings (SSSR count). The van der Waals surface area contributed by atoms with Crippen LogP contribution in [0.4, 0.5) is 0 Å². The highest BCUT2D eigenvalue weighted by molar-refractivity contribution is 4.85. The molecule has 5 heteroatoms. The number of aliphatic hydroxyl groups is 1. The summed E-state index contributed by atoms with van der Waals surface area (Å²) in [6.07, 6.45) is 1.85. The van der Waals surface area contributed by atoms with Crippen LogP contribution in [-0.4, -0.2) is 56.5 Å². The van der Waals surface area contributed by atoms with Crippen molar-refractivity contribution in [3.8, 4) is 0 Å². The minimum absolute atomic E-state index is 0.213. The summed E-state index contributed by atoms with van der Waals surface area (Å²) in [6.45, 7) is 3.60. The second-order valence-electron chi connectivity index (χ2n) is 4.26. The van der Waals surface area contributed by atoms with Gasteiger partial charge in [0.1, 0.15) is 12.4 Å². The fraction of sp³-hybridized carbons (Fsp3) is 1.00. The van der Waals surface area contributed by atoms with E-state index in [4.69, 9.17) is 14.2 Å². The first kappa shape index (κ1) is 11.3. The van der Waals surface area contributed by atoms with E-state index in [0.717, 1.165) is 19.6 Å². The lowest BCUT2D eigenvalue weighted by atomic mass is 10.0.